The molecule has 0 saturated heterocycles. The molecule has 0 aliphatic heterocycles. The number of anilines is 2. The summed E-state index contributed by atoms with van der Waals surface area (Å²) in [5.41, 5.74) is 3.12. The van der Waals surface area contributed by atoms with Crippen molar-refractivity contribution in [2.24, 2.45) is 7.05 Å². The molecule has 3 aromatic rings. The number of aromatic nitrogens is 2. The number of hydrogen-bond acceptors (Lipinski definition) is 2. The zero-order chi connectivity index (χ0) is 18.3. The normalized spacial score (nSPS) is 11.0. The lowest BCUT2D eigenvalue weighted by Gasteiger charge is -2.14. The van der Waals surface area contributed by atoms with Crippen LogP contribution in [0.4, 0.5) is 20.3 Å². The third kappa shape index (κ3) is 3.41. The largest absolute Gasteiger partial charge is 0.337 e. The Labute approximate surface area is 157 Å². The van der Waals surface area contributed by atoms with E-state index < -0.39 is 5.82 Å². The molecule has 1 heterocycles. The van der Waals surface area contributed by atoms with Gasteiger partial charge in [-0.3, -0.25) is 4.68 Å². The van der Waals surface area contributed by atoms with Crippen LogP contribution in [0.15, 0.2) is 34.8 Å². The molecule has 25 heavy (non-hydrogen) atoms. The predicted octanol–water partition coefficient (Wildman–Crippen LogP) is 6.14. The molecule has 0 aliphatic rings. The lowest BCUT2D eigenvalue weighted by atomic mass is 10.1. The molecule has 0 radical (unpaired) electrons. The molecule has 0 aliphatic carbocycles. The zero-order valence-electron chi connectivity index (χ0n) is 13.8. The highest BCUT2D eigenvalue weighted by Gasteiger charge is 2.20. The number of rotatable bonds is 3. The van der Waals surface area contributed by atoms with Gasteiger partial charge >= 0.3 is 0 Å². The molecular weight excluding hydrogens is 412 g/mol. The highest BCUT2D eigenvalue weighted by molar-refractivity contribution is 9.10. The highest BCUT2D eigenvalue weighted by Crippen LogP contribution is 2.39. The fraction of sp³-hybridized carbons (Fsp3) is 0.167. The second-order valence-electron chi connectivity index (χ2n) is 5.79. The monoisotopic (exact) mass is 425 g/mol. The summed E-state index contributed by atoms with van der Waals surface area (Å²) >= 11 is 9.60. The SMILES string of the molecule is Cc1cc(F)c(Nc2c(-c3ccc(F)cc3Cl)c(C)nn2C)c(Br)c1. The van der Waals surface area contributed by atoms with Gasteiger partial charge in [-0.2, -0.15) is 5.10 Å². The number of aryl methyl sites for hydroxylation is 3. The third-order valence-corrected chi connectivity index (χ3v) is 4.79. The summed E-state index contributed by atoms with van der Waals surface area (Å²) in [6.45, 7) is 3.64. The van der Waals surface area contributed by atoms with Crippen LogP contribution in [0, 0.1) is 25.5 Å². The van der Waals surface area contributed by atoms with Crippen molar-refractivity contribution in [2.45, 2.75) is 13.8 Å². The number of halogens is 4. The second-order valence-corrected chi connectivity index (χ2v) is 7.05. The molecule has 3 nitrogen and oxygen atoms in total. The average molecular weight is 427 g/mol. The molecule has 7 heteroatoms. The van der Waals surface area contributed by atoms with Crippen LogP contribution in [0.5, 0.6) is 0 Å². The Bertz CT molecular complexity index is 946. The van der Waals surface area contributed by atoms with Crippen LogP contribution < -0.4 is 5.32 Å². The van der Waals surface area contributed by atoms with E-state index in [1.807, 2.05) is 19.9 Å². The lowest BCUT2D eigenvalue weighted by Crippen LogP contribution is -2.03. The Balaban J connectivity index is 2.16. The maximum absolute atomic E-state index is 14.4. The van der Waals surface area contributed by atoms with Crippen molar-refractivity contribution in [3.8, 4) is 11.1 Å². The summed E-state index contributed by atoms with van der Waals surface area (Å²) in [4.78, 5) is 0. The van der Waals surface area contributed by atoms with Crippen LogP contribution in [0.2, 0.25) is 5.02 Å². The van der Waals surface area contributed by atoms with Crippen molar-refractivity contribution < 1.29 is 8.78 Å². The molecule has 1 N–H and O–H groups in total. The molecule has 1 aromatic heterocycles. The van der Waals surface area contributed by atoms with E-state index in [4.69, 9.17) is 11.6 Å². The van der Waals surface area contributed by atoms with Gasteiger partial charge in [-0.05, 0) is 65.7 Å². The standard InChI is InChI=1S/C18H15BrClF2N3/c1-9-6-13(19)17(15(22)7-9)23-18-16(10(2)24-25(18)3)12-5-4-11(21)8-14(12)20/h4-8,23H,1-3H3. The van der Waals surface area contributed by atoms with Crippen molar-refractivity contribution in [1.29, 1.82) is 0 Å². The van der Waals surface area contributed by atoms with Gasteiger partial charge in [0, 0.05) is 22.6 Å². The van der Waals surface area contributed by atoms with E-state index in [1.54, 1.807) is 17.8 Å². The van der Waals surface area contributed by atoms with Gasteiger partial charge in [-0.1, -0.05) is 11.6 Å². The maximum atomic E-state index is 14.4. The number of nitrogens with one attached hydrogen (secondary N) is 1. The predicted molar refractivity (Wildman–Crippen MR) is 100 cm³/mol. The van der Waals surface area contributed by atoms with Crippen LogP contribution in [0.3, 0.4) is 0 Å². The maximum Gasteiger partial charge on any atom is 0.148 e. The average Bonchev–Trinajstić information content (AvgIpc) is 2.77. The summed E-state index contributed by atoms with van der Waals surface area (Å²) in [6, 6.07) is 7.43. The van der Waals surface area contributed by atoms with Crippen LogP contribution in [0.1, 0.15) is 11.3 Å². The second kappa shape index (κ2) is 6.77. The van der Waals surface area contributed by atoms with Gasteiger partial charge in [0.1, 0.15) is 17.5 Å². The van der Waals surface area contributed by atoms with Crippen LogP contribution >= 0.6 is 27.5 Å². The van der Waals surface area contributed by atoms with Crippen molar-refractivity contribution in [3.63, 3.8) is 0 Å². The van der Waals surface area contributed by atoms with Gasteiger partial charge in [0.05, 0.1) is 16.4 Å². The van der Waals surface area contributed by atoms with Gasteiger partial charge in [0.25, 0.3) is 0 Å². The molecule has 0 amide bonds. The quantitative estimate of drug-likeness (QED) is 0.545. The van der Waals surface area contributed by atoms with Crippen LogP contribution in [0.25, 0.3) is 11.1 Å². The smallest absolute Gasteiger partial charge is 0.148 e. The molecule has 130 valence electrons. The van der Waals surface area contributed by atoms with Crippen LogP contribution in [-0.4, -0.2) is 9.78 Å². The van der Waals surface area contributed by atoms with Gasteiger partial charge < -0.3 is 5.32 Å². The molecule has 0 unspecified atom stereocenters. The molecule has 3 rings (SSSR count). The molecule has 0 fully saturated rings. The Hall–Kier alpha value is -1.92. The minimum Gasteiger partial charge on any atom is -0.337 e. The first-order chi connectivity index (χ1) is 11.8. The van der Waals surface area contributed by atoms with Gasteiger partial charge in [-0.15, -0.1) is 0 Å². The first kappa shape index (κ1) is 17.9. The first-order valence-corrected chi connectivity index (χ1v) is 8.66. The molecular formula is C18H15BrClF2N3. The van der Waals surface area contributed by atoms with Crippen molar-refractivity contribution >= 4 is 39.0 Å². The van der Waals surface area contributed by atoms with E-state index in [0.29, 0.717) is 32.8 Å². The first-order valence-electron chi connectivity index (χ1n) is 7.49. The lowest BCUT2D eigenvalue weighted by molar-refractivity contribution is 0.628. The van der Waals surface area contributed by atoms with E-state index in [2.05, 4.69) is 26.3 Å². The topological polar surface area (TPSA) is 29.9 Å². The zero-order valence-corrected chi connectivity index (χ0v) is 16.1. The van der Waals surface area contributed by atoms with Crippen molar-refractivity contribution in [3.05, 3.63) is 62.7 Å². The fourth-order valence-electron chi connectivity index (χ4n) is 2.75. The molecule has 0 atom stereocenters. The Kier molecular flexibility index (Phi) is 4.84. The van der Waals surface area contributed by atoms with E-state index in [-0.39, 0.29) is 10.8 Å². The highest BCUT2D eigenvalue weighted by atomic mass is 79.9. The third-order valence-electron chi connectivity index (χ3n) is 3.85. The van der Waals surface area contributed by atoms with E-state index in [0.717, 1.165) is 5.56 Å². The number of benzene rings is 2. The van der Waals surface area contributed by atoms with Crippen molar-refractivity contribution in [2.75, 3.05) is 5.32 Å². The van der Waals surface area contributed by atoms with E-state index in [1.165, 1.54) is 18.2 Å². The molecule has 2 aromatic carbocycles. The van der Waals surface area contributed by atoms with Gasteiger partial charge in [-0.25, -0.2) is 8.78 Å². The molecule has 0 spiro atoms. The molecule has 0 bridgehead atoms. The summed E-state index contributed by atoms with van der Waals surface area (Å²) in [6.07, 6.45) is 0. The minimum atomic E-state index is -0.419. The van der Waals surface area contributed by atoms with Crippen molar-refractivity contribution in [1.82, 2.24) is 9.78 Å². The summed E-state index contributed by atoms with van der Waals surface area (Å²) in [5, 5.41) is 7.75. The minimum absolute atomic E-state index is 0.266. The van der Waals surface area contributed by atoms with Gasteiger partial charge in [0.15, 0.2) is 0 Å². The fourth-order valence-corrected chi connectivity index (χ4v) is 3.67. The Morgan fingerprint density at radius 3 is 2.52 bits per heavy atom. The Morgan fingerprint density at radius 1 is 1.16 bits per heavy atom. The summed E-state index contributed by atoms with van der Waals surface area (Å²) in [5.74, 6) is -0.242. The number of nitrogens with zero attached hydrogens (tertiary/aromatic N) is 2. The van der Waals surface area contributed by atoms with Crippen LogP contribution in [-0.2, 0) is 7.05 Å². The van der Waals surface area contributed by atoms with Gasteiger partial charge in [0.2, 0.25) is 0 Å². The number of hydrogen-bond donors (Lipinski definition) is 1. The van der Waals surface area contributed by atoms with E-state index in [9.17, 15) is 8.78 Å². The molecule has 0 saturated carbocycles. The van der Waals surface area contributed by atoms with E-state index >= 15 is 0 Å². The Morgan fingerprint density at radius 2 is 1.88 bits per heavy atom. The summed E-state index contributed by atoms with van der Waals surface area (Å²) < 4.78 is 30.0. The summed E-state index contributed by atoms with van der Waals surface area (Å²) in [7, 11) is 1.75.